The lowest BCUT2D eigenvalue weighted by molar-refractivity contribution is 0.708. The number of rotatable bonds is 1. The summed E-state index contributed by atoms with van der Waals surface area (Å²) >= 11 is 0. The Labute approximate surface area is 118 Å². The van der Waals surface area contributed by atoms with Crippen LogP contribution in [0.25, 0.3) is 22.0 Å². The van der Waals surface area contributed by atoms with Gasteiger partial charge in [-0.25, -0.2) is 9.97 Å². The fourth-order valence-electron chi connectivity index (χ4n) is 3.21. The van der Waals surface area contributed by atoms with E-state index in [1.165, 1.54) is 59.8 Å². The third kappa shape index (κ3) is 1.90. The molecule has 2 aromatic heterocycles. The topological polar surface area (TPSA) is 41.6 Å². The number of nitrogens with zero attached hydrogens (tertiary/aromatic N) is 2. The third-order valence-corrected chi connectivity index (χ3v) is 4.24. The maximum absolute atomic E-state index is 4.11. The number of benzene rings is 1. The van der Waals surface area contributed by atoms with Crippen LogP contribution in [0.15, 0.2) is 36.9 Å². The molecule has 20 heavy (non-hydrogen) atoms. The van der Waals surface area contributed by atoms with Gasteiger partial charge < -0.3 is 4.98 Å². The van der Waals surface area contributed by atoms with Gasteiger partial charge in [0.05, 0.1) is 0 Å². The highest BCUT2D eigenvalue weighted by Gasteiger charge is 2.14. The van der Waals surface area contributed by atoms with E-state index >= 15 is 0 Å². The summed E-state index contributed by atoms with van der Waals surface area (Å²) in [6.45, 7) is 0. The molecule has 0 radical (unpaired) electrons. The fraction of sp³-hybridized carbons (Fsp3) is 0.294. The zero-order chi connectivity index (χ0) is 13.4. The Hall–Kier alpha value is -2.16. The van der Waals surface area contributed by atoms with E-state index in [0.29, 0.717) is 0 Å². The predicted molar refractivity (Wildman–Crippen MR) is 80.6 cm³/mol. The van der Waals surface area contributed by atoms with E-state index in [2.05, 4.69) is 33.2 Å². The second-order valence-corrected chi connectivity index (χ2v) is 5.53. The number of hydrogen-bond donors (Lipinski definition) is 1. The second kappa shape index (κ2) is 4.75. The van der Waals surface area contributed by atoms with Crippen molar-refractivity contribution in [2.75, 3.05) is 0 Å². The van der Waals surface area contributed by atoms with E-state index < -0.39 is 0 Å². The number of aromatic amines is 1. The Kier molecular flexibility index (Phi) is 2.76. The van der Waals surface area contributed by atoms with Gasteiger partial charge in [0.1, 0.15) is 6.33 Å². The van der Waals surface area contributed by atoms with E-state index in [1.807, 2.05) is 12.4 Å². The molecule has 1 N–H and O–H groups in total. The van der Waals surface area contributed by atoms with Gasteiger partial charge in [-0.05, 0) is 48.9 Å². The van der Waals surface area contributed by atoms with E-state index in [9.17, 15) is 0 Å². The van der Waals surface area contributed by atoms with Crippen LogP contribution in [0.5, 0.6) is 0 Å². The molecule has 3 nitrogen and oxygen atoms in total. The molecule has 1 aliphatic carbocycles. The third-order valence-electron chi connectivity index (χ3n) is 4.24. The number of nitrogens with one attached hydrogen (secondary N) is 1. The molecule has 0 unspecified atom stereocenters. The van der Waals surface area contributed by atoms with Crippen LogP contribution in [-0.4, -0.2) is 15.0 Å². The second-order valence-electron chi connectivity index (χ2n) is 5.53. The molecule has 100 valence electrons. The zero-order valence-electron chi connectivity index (χ0n) is 11.4. The minimum absolute atomic E-state index is 1.08. The lowest BCUT2D eigenvalue weighted by atomic mass is 10.0. The molecule has 0 saturated heterocycles. The van der Waals surface area contributed by atoms with Crippen molar-refractivity contribution >= 4 is 10.9 Å². The van der Waals surface area contributed by atoms with Crippen molar-refractivity contribution in [3.05, 3.63) is 48.2 Å². The minimum atomic E-state index is 1.08. The van der Waals surface area contributed by atoms with Gasteiger partial charge in [-0.15, -0.1) is 0 Å². The van der Waals surface area contributed by atoms with Gasteiger partial charge in [0.25, 0.3) is 0 Å². The summed E-state index contributed by atoms with van der Waals surface area (Å²) in [5.74, 6) is 0. The Bertz CT molecular complexity index is 744. The highest BCUT2D eigenvalue weighted by Crippen LogP contribution is 2.31. The lowest BCUT2D eigenvalue weighted by Crippen LogP contribution is -1.86. The van der Waals surface area contributed by atoms with Gasteiger partial charge in [-0.2, -0.15) is 0 Å². The average Bonchev–Trinajstić information content (AvgIpc) is 2.69. The highest BCUT2D eigenvalue weighted by atomic mass is 14.8. The van der Waals surface area contributed by atoms with Crippen molar-refractivity contribution in [3.8, 4) is 11.1 Å². The summed E-state index contributed by atoms with van der Waals surface area (Å²) in [4.78, 5) is 11.8. The maximum Gasteiger partial charge on any atom is 0.115 e. The summed E-state index contributed by atoms with van der Waals surface area (Å²) < 4.78 is 0. The van der Waals surface area contributed by atoms with Crippen molar-refractivity contribution < 1.29 is 0 Å². The fourth-order valence-corrected chi connectivity index (χ4v) is 3.21. The van der Waals surface area contributed by atoms with Gasteiger partial charge in [0.15, 0.2) is 0 Å². The minimum Gasteiger partial charge on any atom is -0.358 e. The van der Waals surface area contributed by atoms with Crippen LogP contribution < -0.4 is 0 Å². The van der Waals surface area contributed by atoms with E-state index in [-0.39, 0.29) is 0 Å². The number of hydrogen-bond acceptors (Lipinski definition) is 2. The molecule has 3 heteroatoms. The van der Waals surface area contributed by atoms with Crippen LogP contribution in [-0.2, 0) is 12.8 Å². The normalized spacial score (nSPS) is 15.0. The number of H-pyrrole nitrogens is 1. The molecular formula is C17H17N3. The zero-order valence-corrected chi connectivity index (χ0v) is 11.4. The summed E-state index contributed by atoms with van der Waals surface area (Å²) in [6, 6.07) is 6.62. The lowest BCUT2D eigenvalue weighted by Gasteiger charge is -2.02. The quantitative estimate of drug-likeness (QED) is 0.677. The number of fused-ring (bicyclic) bond motifs is 3. The molecule has 0 spiro atoms. The molecule has 0 atom stereocenters. The molecule has 0 saturated carbocycles. The van der Waals surface area contributed by atoms with Crippen LogP contribution in [0, 0.1) is 0 Å². The number of aromatic nitrogens is 3. The Balaban J connectivity index is 1.88. The molecular weight excluding hydrogens is 246 g/mol. The molecule has 0 fully saturated rings. The van der Waals surface area contributed by atoms with Gasteiger partial charge in [0.2, 0.25) is 0 Å². The molecule has 1 aliphatic rings. The van der Waals surface area contributed by atoms with Crippen LogP contribution in [0.2, 0.25) is 0 Å². The Morgan fingerprint density at radius 1 is 0.900 bits per heavy atom. The highest BCUT2D eigenvalue weighted by molar-refractivity contribution is 5.89. The SMILES string of the molecule is c1ncc(-c2ccc3[nH]c4c(c3c2)CCCCC4)cn1. The summed E-state index contributed by atoms with van der Waals surface area (Å²) in [5.41, 5.74) is 6.51. The molecule has 0 bridgehead atoms. The first kappa shape index (κ1) is 11.6. The Morgan fingerprint density at radius 3 is 2.65 bits per heavy atom. The summed E-state index contributed by atoms with van der Waals surface area (Å²) in [5, 5.41) is 1.38. The average molecular weight is 263 g/mol. The monoisotopic (exact) mass is 263 g/mol. The number of aryl methyl sites for hydroxylation is 2. The predicted octanol–water partition coefficient (Wildman–Crippen LogP) is 3.89. The maximum atomic E-state index is 4.11. The molecule has 0 aliphatic heterocycles. The van der Waals surface area contributed by atoms with Crippen LogP contribution in [0.3, 0.4) is 0 Å². The molecule has 3 aromatic rings. The van der Waals surface area contributed by atoms with Crippen molar-refractivity contribution in [1.29, 1.82) is 0 Å². The molecule has 0 amide bonds. The first-order valence-corrected chi connectivity index (χ1v) is 7.31. The standard InChI is InChI=1S/C17H17N3/c1-2-4-14-15-8-12(13-9-18-11-19-10-13)6-7-17(15)20-16(14)5-3-1/h6-11,20H,1-5H2. The van der Waals surface area contributed by atoms with Crippen LogP contribution in [0.1, 0.15) is 30.5 Å². The van der Waals surface area contributed by atoms with Crippen LogP contribution >= 0.6 is 0 Å². The van der Waals surface area contributed by atoms with Gasteiger partial charge >= 0.3 is 0 Å². The van der Waals surface area contributed by atoms with Crippen molar-refractivity contribution in [2.24, 2.45) is 0 Å². The van der Waals surface area contributed by atoms with Crippen molar-refractivity contribution in [1.82, 2.24) is 15.0 Å². The van der Waals surface area contributed by atoms with Gasteiger partial charge in [-0.1, -0.05) is 12.5 Å². The van der Waals surface area contributed by atoms with Gasteiger partial charge in [0, 0.05) is 34.6 Å². The molecule has 1 aromatic carbocycles. The van der Waals surface area contributed by atoms with E-state index in [0.717, 1.165) is 5.56 Å². The van der Waals surface area contributed by atoms with E-state index in [1.54, 1.807) is 6.33 Å². The largest absolute Gasteiger partial charge is 0.358 e. The van der Waals surface area contributed by atoms with Gasteiger partial charge in [-0.3, -0.25) is 0 Å². The summed E-state index contributed by atoms with van der Waals surface area (Å²) in [7, 11) is 0. The molecule has 2 heterocycles. The van der Waals surface area contributed by atoms with Crippen molar-refractivity contribution in [3.63, 3.8) is 0 Å². The van der Waals surface area contributed by atoms with E-state index in [4.69, 9.17) is 0 Å². The summed E-state index contributed by atoms with van der Waals surface area (Å²) in [6.07, 6.45) is 11.7. The van der Waals surface area contributed by atoms with Crippen LogP contribution in [0.4, 0.5) is 0 Å². The molecule has 4 rings (SSSR count). The Morgan fingerprint density at radius 2 is 1.75 bits per heavy atom. The van der Waals surface area contributed by atoms with Crippen molar-refractivity contribution in [2.45, 2.75) is 32.1 Å². The first-order valence-electron chi connectivity index (χ1n) is 7.31. The smallest absolute Gasteiger partial charge is 0.115 e. The first-order chi connectivity index (χ1) is 9.92.